The number of thioether (sulfide) groups is 1. The van der Waals surface area contributed by atoms with Crippen molar-refractivity contribution in [1.29, 1.82) is 0 Å². The van der Waals surface area contributed by atoms with E-state index in [1.54, 1.807) is 11.8 Å². The molecule has 1 aliphatic heterocycles. The van der Waals surface area contributed by atoms with Gasteiger partial charge in [0.25, 0.3) is 0 Å². The van der Waals surface area contributed by atoms with E-state index in [4.69, 9.17) is 0 Å². The van der Waals surface area contributed by atoms with E-state index >= 15 is 0 Å². The SMILES string of the molecule is CSCC(C)N1C(=O)C(CCc2ccccc2)NC1C. The van der Waals surface area contributed by atoms with Crippen LogP contribution in [0.15, 0.2) is 30.3 Å². The standard InChI is InChI=1S/C16H24N2OS/c1-12(11-20-3)18-13(2)17-15(16(18)19)10-9-14-7-5-4-6-8-14/h4-8,12-13,15,17H,9-11H2,1-3H3. The number of carbonyl (C=O) groups excluding carboxylic acids is 1. The van der Waals surface area contributed by atoms with Gasteiger partial charge < -0.3 is 4.90 Å². The molecule has 1 aromatic carbocycles. The molecule has 0 spiro atoms. The van der Waals surface area contributed by atoms with Gasteiger partial charge in [-0.25, -0.2) is 0 Å². The Morgan fingerprint density at radius 2 is 2.05 bits per heavy atom. The molecule has 110 valence electrons. The third-order valence-electron chi connectivity index (χ3n) is 3.86. The van der Waals surface area contributed by atoms with Crippen molar-refractivity contribution in [3.05, 3.63) is 35.9 Å². The quantitative estimate of drug-likeness (QED) is 0.874. The van der Waals surface area contributed by atoms with Crippen molar-refractivity contribution in [1.82, 2.24) is 10.2 Å². The van der Waals surface area contributed by atoms with Gasteiger partial charge >= 0.3 is 0 Å². The van der Waals surface area contributed by atoms with E-state index in [9.17, 15) is 4.79 Å². The fourth-order valence-corrected chi connectivity index (χ4v) is 3.54. The highest BCUT2D eigenvalue weighted by Crippen LogP contribution is 2.19. The molecule has 3 atom stereocenters. The predicted octanol–water partition coefficient (Wildman–Crippen LogP) is 2.52. The van der Waals surface area contributed by atoms with Gasteiger partial charge in [0.1, 0.15) is 0 Å². The molecule has 0 saturated carbocycles. The van der Waals surface area contributed by atoms with Crippen LogP contribution in [-0.2, 0) is 11.2 Å². The minimum absolute atomic E-state index is 0.0329. The number of nitrogens with one attached hydrogen (secondary N) is 1. The number of benzene rings is 1. The number of amides is 1. The molecule has 0 radical (unpaired) electrons. The lowest BCUT2D eigenvalue weighted by molar-refractivity contribution is -0.131. The van der Waals surface area contributed by atoms with E-state index in [1.807, 2.05) is 11.0 Å². The first-order chi connectivity index (χ1) is 9.63. The first-order valence-corrected chi connectivity index (χ1v) is 8.64. The summed E-state index contributed by atoms with van der Waals surface area (Å²) in [5.74, 6) is 1.25. The maximum atomic E-state index is 12.5. The summed E-state index contributed by atoms with van der Waals surface area (Å²) in [6, 6.07) is 10.6. The first-order valence-electron chi connectivity index (χ1n) is 7.24. The topological polar surface area (TPSA) is 32.3 Å². The van der Waals surface area contributed by atoms with Crippen LogP contribution in [0.4, 0.5) is 0 Å². The monoisotopic (exact) mass is 292 g/mol. The van der Waals surface area contributed by atoms with Gasteiger partial charge in [0.15, 0.2) is 0 Å². The van der Waals surface area contributed by atoms with Crippen molar-refractivity contribution in [2.45, 2.75) is 44.9 Å². The number of aryl methyl sites for hydroxylation is 1. The number of rotatable bonds is 6. The normalized spacial score (nSPS) is 24.1. The second-order valence-electron chi connectivity index (χ2n) is 5.47. The first kappa shape index (κ1) is 15.4. The van der Waals surface area contributed by atoms with Gasteiger partial charge in [-0.05, 0) is 38.5 Å². The molecular formula is C16H24N2OS. The Kier molecular flexibility index (Phi) is 5.49. The summed E-state index contributed by atoms with van der Waals surface area (Å²) in [4.78, 5) is 14.5. The summed E-state index contributed by atoms with van der Waals surface area (Å²) in [7, 11) is 0. The van der Waals surface area contributed by atoms with Crippen LogP contribution in [0, 0.1) is 0 Å². The van der Waals surface area contributed by atoms with Crippen molar-refractivity contribution < 1.29 is 4.79 Å². The molecule has 1 amide bonds. The van der Waals surface area contributed by atoms with Gasteiger partial charge in [-0.1, -0.05) is 30.3 Å². The van der Waals surface area contributed by atoms with Gasteiger partial charge in [-0.3, -0.25) is 10.1 Å². The molecule has 20 heavy (non-hydrogen) atoms. The summed E-state index contributed by atoms with van der Waals surface area (Å²) >= 11 is 1.79. The van der Waals surface area contributed by atoms with Crippen LogP contribution in [0.1, 0.15) is 25.8 Å². The fraction of sp³-hybridized carbons (Fsp3) is 0.562. The molecule has 1 aromatic rings. The highest BCUT2D eigenvalue weighted by Gasteiger charge is 2.38. The summed E-state index contributed by atoms with van der Waals surface area (Å²) in [5, 5.41) is 3.43. The third kappa shape index (κ3) is 3.55. The molecular weight excluding hydrogens is 268 g/mol. The van der Waals surface area contributed by atoms with Crippen LogP contribution in [0.3, 0.4) is 0 Å². The maximum Gasteiger partial charge on any atom is 0.241 e. The molecule has 1 aliphatic rings. The van der Waals surface area contributed by atoms with Gasteiger partial charge in [-0.2, -0.15) is 11.8 Å². The lowest BCUT2D eigenvalue weighted by Gasteiger charge is -2.27. The molecule has 3 unspecified atom stereocenters. The molecule has 1 heterocycles. The average molecular weight is 292 g/mol. The zero-order chi connectivity index (χ0) is 14.5. The van der Waals surface area contributed by atoms with Crippen LogP contribution in [0.2, 0.25) is 0 Å². The lowest BCUT2D eigenvalue weighted by atomic mass is 10.1. The van der Waals surface area contributed by atoms with Gasteiger partial charge in [0.05, 0.1) is 12.2 Å². The Bertz CT molecular complexity index is 437. The molecule has 1 N–H and O–H groups in total. The number of carbonyl (C=O) groups is 1. The predicted molar refractivity (Wildman–Crippen MR) is 85.8 cm³/mol. The minimum Gasteiger partial charge on any atom is -0.323 e. The Morgan fingerprint density at radius 3 is 2.70 bits per heavy atom. The fourth-order valence-electron chi connectivity index (χ4n) is 2.90. The van der Waals surface area contributed by atoms with Crippen LogP contribution in [0.5, 0.6) is 0 Å². The second kappa shape index (κ2) is 7.14. The zero-order valence-corrected chi connectivity index (χ0v) is 13.3. The molecule has 1 fully saturated rings. The van der Waals surface area contributed by atoms with Crippen LogP contribution in [0.25, 0.3) is 0 Å². The van der Waals surface area contributed by atoms with Crippen LogP contribution < -0.4 is 5.32 Å². The number of hydrogen-bond donors (Lipinski definition) is 1. The third-order valence-corrected chi connectivity index (χ3v) is 4.68. The highest BCUT2D eigenvalue weighted by molar-refractivity contribution is 7.98. The molecule has 3 nitrogen and oxygen atoms in total. The Labute approximate surface area is 126 Å². The van der Waals surface area contributed by atoms with Crippen LogP contribution in [-0.4, -0.2) is 41.1 Å². The Hall–Kier alpha value is -1.00. The summed E-state index contributed by atoms with van der Waals surface area (Å²) in [6.07, 6.45) is 4.05. The van der Waals surface area contributed by atoms with E-state index in [2.05, 4.69) is 49.7 Å². The minimum atomic E-state index is -0.0329. The average Bonchev–Trinajstić information content (AvgIpc) is 2.72. The van der Waals surface area contributed by atoms with Gasteiger partial charge in [0.2, 0.25) is 5.91 Å². The van der Waals surface area contributed by atoms with E-state index < -0.39 is 0 Å². The Balaban J connectivity index is 1.92. The maximum absolute atomic E-state index is 12.5. The van der Waals surface area contributed by atoms with Crippen molar-refractivity contribution in [3.63, 3.8) is 0 Å². The molecule has 1 saturated heterocycles. The van der Waals surface area contributed by atoms with E-state index in [1.165, 1.54) is 5.56 Å². The van der Waals surface area contributed by atoms with E-state index in [0.717, 1.165) is 18.6 Å². The lowest BCUT2D eigenvalue weighted by Crippen LogP contribution is -2.42. The van der Waals surface area contributed by atoms with Gasteiger partial charge in [-0.15, -0.1) is 0 Å². The second-order valence-corrected chi connectivity index (χ2v) is 6.38. The Morgan fingerprint density at radius 1 is 1.35 bits per heavy atom. The van der Waals surface area contributed by atoms with Crippen molar-refractivity contribution in [3.8, 4) is 0 Å². The summed E-state index contributed by atoms with van der Waals surface area (Å²) < 4.78 is 0. The zero-order valence-electron chi connectivity index (χ0n) is 12.5. The molecule has 4 heteroatoms. The molecule has 0 bridgehead atoms. The molecule has 0 aliphatic carbocycles. The van der Waals surface area contributed by atoms with Crippen molar-refractivity contribution in [2.75, 3.05) is 12.0 Å². The summed E-state index contributed by atoms with van der Waals surface area (Å²) in [6.45, 7) is 4.21. The van der Waals surface area contributed by atoms with E-state index in [-0.39, 0.29) is 18.1 Å². The van der Waals surface area contributed by atoms with E-state index in [0.29, 0.717) is 6.04 Å². The highest BCUT2D eigenvalue weighted by atomic mass is 32.2. The largest absolute Gasteiger partial charge is 0.323 e. The van der Waals surface area contributed by atoms with Crippen molar-refractivity contribution >= 4 is 17.7 Å². The smallest absolute Gasteiger partial charge is 0.241 e. The molecule has 2 rings (SSSR count). The van der Waals surface area contributed by atoms with Crippen molar-refractivity contribution in [2.24, 2.45) is 0 Å². The number of hydrogen-bond acceptors (Lipinski definition) is 3. The van der Waals surface area contributed by atoms with Gasteiger partial charge in [0, 0.05) is 11.8 Å². The van der Waals surface area contributed by atoms with Crippen LogP contribution >= 0.6 is 11.8 Å². The number of nitrogens with zero attached hydrogens (tertiary/aromatic N) is 1. The molecule has 0 aromatic heterocycles. The summed E-state index contributed by atoms with van der Waals surface area (Å²) in [5.41, 5.74) is 1.30.